The largest absolute Gasteiger partial charge is 0.467 e. The van der Waals surface area contributed by atoms with Gasteiger partial charge in [0, 0.05) is 6.08 Å². The summed E-state index contributed by atoms with van der Waals surface area (Å²) in [6.45, 7) is 13.7. The lowest BCUT2D eigenvalue weighted by Crippen LogP contribution is -2.51. The standard InChI is InChI=1S/C13H26NO2.C4F10NO4S2/c1-5-9-14(10-6-2,11-7-3)12-16-13(15)8-4;5-1(6,7)3(11,12)20(16,17)15-21(18,19)4(13,14)2(8,9)10/h8H,4-7,9-12H2,1-3H3;/q+1;-1. The van der Waals surface area contributed by atoms with Crippen LogP contribution in [0.2, 0.25) is 0 Å². The molecule has 0 rings (SSSR count). The van der Waals surface area contributed by atoms with Crippen molar-refractivity contribution >= 4 is 26.0 Å². The lowest BCUT2D eigenvalue weighted by molar-refractivity contribution is -0.943. The molecule has 0 aliphatic heterocycles. The normalized spacial score (nSPS) is 14.0. The number of carbonyl (C=O) groups excluding carboxylic acids is 1. The van der Waals surface area contributed by atoms with Crippen LogP contribution in [-0.2, 0) is 29.6 Å². The number of ether oxygens (including phenoxy) is 1. The van der Waals surface area contributed by atoms with Crippen molar-refractivity contribution in [3.63, 3.8) is 0 Å². The van der Waals surface area contributed by atoms with Crippen LogP contribution in [0.3, 0.4) is 0 Å². The Morgan fingerprint density at radius 1 is 0.757 bits per heavy atom. The van der Waals surface area contributed by atoms with Gasteiger partial charge in [-0.1, -0.05) is 27.4 Å². The molecule has 8 nitrogen and oxygen atoms in total. The van der Waals surface area contributed by atoms with Crippen molar-refractivity contribution in [3.05, 3.63) is 16.8 Å². The Labute approximate surface area is 207 Å². The summed E-state index contributed by atoms with van der Waals surface area (Å²) in [7, 11) is -15.2. The summed E-state index contributed by atoms with van der Waals surface area (Å²) in [6, 6.07) is 0. The van der Waals surface area contributed by atoms with Crippen molar-refractivity contribution in [2.24, 2.45) is 0 Å². The van der Waals surface area contributed by atoms with Crippen LogP contribution in [0, 0.1) is 0 Å². The molecule has 0 saturated carbocycles. The molecule has 20 heteroatoms. The molecule has 222 valence electrons. The summed E-state index contributed by atoms with van der Waals surface area (Å²) < 4.78 is 167. The predicted octanol–water partition coefficient (Wildman–Crippen LogP) is 5.05. The summed E-state index contributed by atoms with van der Waals surface area (Å²) >= 11 is 0. The van der Waals surface area contributed by atoms with Crippen molar-refractivity contribution in [1.29, 1.82) is 0 Å². The van der Waals surface area contributed by atoms with Gasteiger partial charge in [0.05, 0.1) is 19.6 Å². The first kappa shape index (κ1) is 37.5. The predicted molar refractivity (Wildman–Crippen MR) is 110 cm³/mol. The van der Waals surface area contributed by atoms with Gasteiger partial charge in [0.15, 0.2) is 20.0 Å². The van der Waals surface area contributed by atoms with Crippen LogP contribution in [0.1, 0.15) is 40.0 Å². The molecule has 37 heavy (non-hydrogen) atoms. The zero-order chi connectivity index (χ0) is 30.1. The van der Waals surface area contributed by atoms with Crippen molar-refractivity contribution in [1.82, 2.24) is 0 Å². The molecule has 0 aromatic carbocycles. The van der Waals surface area contributed by atoms with Gasteiger partial charge in [0.2, 0.25) is 6.73 Å². The molecule has 0 aliphatic rings. The SMILES string of the molecule is C=CC(=O)OC[N+](CCC)(CCC)CCC.O=S(=O)([N-]S(=O)(=O)C(F)(F)C(F)(F)F)C(F)(F)C(F)(F)F. The van der Waals surface area contributed by atoms with E-state index in [-0.39, 0.29) is 5.97 Å². The minimum atomic E-state index is -7.62. The Kier molecular flexibility index (Phi) is 13.6. The molecule has 0 unspecified atom stereocenters. The third kappa shape index (κ3) is 9.86. The minimum absolute atomic E-state index is 0.314. The van der Waals surface area contributed by atoms with E-state index >= 15 is 0 Å². The molecule has 0 amide bonds. The van der Waals surface area contributed by atoms with E-state index in [0.29, 0.717) is 10.9 Å². The van der Waals surface area contributed by atoms with E-state index in [1.807, 2.05) is 0 Å². The maximum Gasteiger partial charge on any atom is 0.467 e. The molecule has 0 fully saturated rings. The van der Waals surface area contributed by atoms with E-state index < -0.39 is 42.9 Å². The molecule has 0 aromatic rings. The Morgan fingerprint density at radius 2 is 1.05 bits per heavy atom. The van der Waals surface area contributed by atoms with Crippen LogP contribution in [0.5, 0.6) is 0 Å². The van der Waals surface area contributed by atoms with Crippen molar-refractivity contribution in [3.8, 4) is 0 Å². The van der Waals surface area contributed by atoms with Gasteiger partial charge in [-0.3, -0.25) is 4.48 Å². The molecule has 0 radical (unpaired) electrons. The van der Waals surface area contributed by atoms with E-state index in [1.165, 1.54) is 6.08 Å². The van der Waals surface area contributed by atoms with Gasteiger partial charge in [0.25, 0.3) is 0 Å². The topological polar surface area (TPSA) is 109 Å². The number of quaternary nitrogens is 1. The number of carbonyl (C=O) groups is 1. The third-order valence-corrected chi connectivity index (χ3v) is 7.57. The molecular formula is C17H26F10N2O6S2. The fourth-order valence-electron chi connectivity index (χ4n) is 2.73. The lowest BCUT2D eigenvalue weighted by Gasteiger charge is -2.37. The maximum absolute atomic E-state index is 12.3. The highest BCUT2D eigenvalue weighted by Crippen LogP contribution is 2.47. The highest BCUT2D eigenvalue weighted by Gasteiger charge is 2.68. The fraction of sp³-hybridized carbons (Fsp3) is 0.824. The fourth-order valence-corrected chi connectivity index (χ4v) is 5.09. The number of alkyl halides is 10. The molecule has 0 spiro atoms. The number of nitrogens with zero attached hydrogens (tertiary/aromatic N) is 2. The van der Waals surface area contributed by atoms with E-state index in [0.717, 1.165) is 43.4 Å². The third-order valence-electron chi connectivity index (χ3n) is 4.25. The van der Waals surface area contributed by atoms with Crippen molar-refractivity contribution in [2.45, 2.75) is 62.9 Å². The first-order chi connectivity index (χ1) is 16.3. The first-order valence-electron chi connectivity index (χ1n) is 10.1. The van der Waals surface area contributed by atoms with Gasteiger partial charge in [-0.15, -0.1) is 0 Å². The zero-order valence-electron chi connectivity index (χ0n) is 19.7. The second-order valence-corrected chi connectivity index (χ2v) is 10.9. The zero-order valence-corrected chi connectivity index (χ0v) is 21.3. The van der Waals surface area contributed by atoms with Crippen molar-refractivity contribution < 1.29 is 74.8 Å². The molecule has 0 atom stereocenters. The van der Waals surface area contributed by atoms with E-state index in [9.17, 15) is 65.5 Å². The van der Waals surface area contributed by atoms with Crippen LogP contribution in [0.4, 0.5) is 43.9 Å². The Hall–Kier alpha value is -1.67. The van der Waals surface area contributed by atoms with Crippen LogP contribution >= 0.6 is 0 Å². The van der Waals surface area contributed by atoms with Crippen molar-refractivity contribution in [2.75, 3.05) is 26.4 Å². The second-order valence-electron chi connectivity index (χ2n) is 7.36. The lowest BCUT2D eigenvalue weighted by atomic mass is 10.2. The number of halogens is 10. The van der Waals surface area contributed by atoms with E-state index in [2.05, 4.69) is 27.4 Å². The molecule has 0 N–H and O–H groups in total. The second kappa shape index (κ2) is 13.4. The summed E-state index contributed by atoms with van der Waals surface area (Å²) in [4.78, 5) is 11.1. The maximum atomic E-state index is 12.3. The average molecular weight is 609 g/mol. The molecule has 0 heterocycles. The van der Waals surface area contributed by atoms with Gasteiger partial charge in [-0.2, -0.15) is 43.9 Å². The van der Waals surface area contributed by atoms with Gasteiger partial charge < -0.3 is 8.86 Å². The Morgan fingerprint density at radius 3 is 1.27 bits per heavy atom. The van der Waals surface area contributed by atoms with Gasteiger partial charge in [-0.25, -0.2) is 21.6 Å². The molecule has 0 aliphatic carbocycles. The Balaban J connectivity index is 0. The minimum Gasteiger partial charge on any atom is -0.425 e. The molecule has 0 bridgehead atoms. The monoisotopic (exact) mass is 608 g/mol. The van der Waals surface area contributed by atoms with E-state index in [4.69, 9.17) is 4.74 Å². The summed E-state index contributed by atoms with van der Waals surface area (Å²) in [5, 5.41) is -14.0. The number of sulfonamides is 2. The van der Waals surface area contributed by atoms with Crippen LogP contribution in [0.15, 0.2) is 12.7 Å². The quantitative estimate of drug-likeness (QED) is 0.0953. The Bertz CT molecular complexity index is 893. The summed E-state index contributed by atoms with van der Waals surface area (Å²) in [5.74, 6) is -0.314. The smallest absolute Gasteiger partial charge is 0.425 e. The molecule has 0 aromatic heterocycles. The van der Waals surface area contributed by atoms with Crippen LogP contribution in [-0.4, -0.2) is 76.5 Å². The van der Waals surface area contributed by atoms with Crippen LogP contribution in [0.25, 0.3) is 4.13 Å². The van der Waals surface area contributed by atoms with E-state index in [1.54, 1.807) is 0 Å². The van der Waals surface area contributed by atoms with Gasteiger partial charge in [-0.05, 0) is 19.3 Å². The van der Waals surface area contributed by atoms with Gasteiger partial charge in [0.1, 0.15) is 0 Å². The molecule has 0 saturated heterocycles. The highest BCUT2D eigenvalue weighted by atomic mass is 32.3. The first-order valence-corrected chi connectivity index (χ1v) is 13.0. The number of hydrogen-bond donors (Lipinski definition) is 0. The molecular weight excluding hydrogens is 582 g/mol. The number of rotatable bonds is 13. The summed E-state index contributed by atoms with van der Waals surface area (Å²) in [5.41, 5.74) is 0. The number of hydrogen-bond acceptors (Lipinski definition) is 6. The average Bonchev–Trinajstić information content (AvgIpc) is 2.70. The highest BCUT2D eigenvalue weighted by molar-refractivity contribution is 8.13. The summed E-state index contributed by atoms with van der Waals surface area (Å²) in [6.07, 6.45) is -9.42. The number of esters is 1. The van der Waals surface area contributed by atoms with Crippen LogP contribution < -0.4 is 0 Å². The van der Waals surface area contributed by atoms with Gasteiger partial charge >= 0.3 is 28.8 Å².